The van der Waals surface area contributed by atoms with E-state index in [1.807, 2.05) is 16.4 Å². The lowest BCUT2D eigenvalue weighted by molar-refractivity contribution is 0.439. The molecule has 6 heteroatoms. The number of nitrogens with zero attached hydrogens (tertiary/aromatic N) is 4. The van der Waals surface area contributed by atoms with E-state index < -0.39 is 0 Å². The number of hydrogen-bond donors (Lipinski definition) is 1. The van der Waals surface area contributed by atoms with Crippen LogP contribution in [0.1, 0.15) is 38.1 Å². The van der Waals surface area contributed by atoms with Crippen molar-refractivity contribution in [1.82, 2.24) is 25.5 Å². The zero-order chi connectivity index (χ0) is 11.4. The van der Waals surface area contributed by atoms with Gasteiger partial charge in [-0.3, -0.25) is 0 Å². The molecule has 1 aliphatic rings. The van der Waals surface area contributed by atoms with Crippen molar-refractivity contribution in [1.29, 1.82) is 0 Å². The van der Waals surface area contributed by atoms with Crippen molar-refractivity contribution < 1.29 is 0 Å². The highest BCUT2D eigenvalue weighted by atomic mass is 32.2. The quantitative estimate of drug-likeness (QED) is 0.840. The molecule has 0 saturated heterocycles. The molecule has 1 saturated carbocycles. The van der Waals surface area contributed by atoms with Gasteiger partial charge in [0.15, 0.2) is 5.82 Å². The van der Waals surface area contributed by atoms with Crippen LogP contribution in [0.3, 0.4) is 0 Å². The number of rotatable bonds is 5. The van der Waals surface area contributed by atoms with Crippen LogP contribution in [0.5, 0.6) is 0 Å². The van der Waals surface area contributed by atoms with E-state index in [1.54, 1.807) is 0 Å². The minimum Gasteiger partial charge on any atom is -0.310 e. The summed E-state index contributed by atoms with van der Waals surface area (Å²) in [5.74, 6) is 0.966. The number of hydrogen-bond acceptors (Lipinski definition) is 5. The second-order valence-electron chi connectivity index (χ2n) is 4.09. The van der Waals surface area contributed by atoms with Gasteiger partial charge in [0.05, 0.1) is 12.6 Å². The molecule has 16 heavy (non-hydrogen) atoms. The van der Waals surface area contributed by atoms with Gasteiger partial charge in [0.2, 0.25) is 0 Å². The normalized spacial score (nSPS) is 25.1. The van der Waals surface area contributed by atoms with Gasteiger partial charge >= 0.3 is 0 Å². The molecule has 1 N–H and O–H groups in total. The van der Waals surface area contributed by atoms with Crippen molar-refractivity contribution in [2.75, 3.05) is 12.8 Å². The molecule has 90 valence electrons. The standard InChI is InChI=1S/C10H19N5S/c1-3-11-7-10-12-13-14-15(10)8-5-4-6-9(8)16-2/h8-9,11H,3-7H2,1-2H3. The maximum absolute atomic E-state index is 4.15. The van der Waals surface area contributed by atoms with E-state index in [2.05, 4.69) is 34.0 Å². The van der Waals surface area contributed by atoms with E-state index >= 15 is 0 Å². The Bertz CT molecular complexity index is 327. The van der Waals surface area contributed by atoms with Crippen LogP contribution in [0.4, 0.5) is 0 Å². The van der Waals surface area contributed by atoms with Crippen molar-refractivity contribution in [3.8, 4) is 0 Å². The van der Waals surface area contributed by atoms with Crippen molar-refractivity contribution >= 4 is 11.8 Å². The molecule has 0 aromatic carbocycles. The average Bonchev–Trinajstić information content (AvgIpc) is 2.93. The number of tetrazole rings is 1. The first-order valence-electron chi connectivity index (χ1n) is 5.87. The van der Waals surface area contributed by atoms with Gasteiger partial charge in [0.25, 0.3) is 0 Å². The topological polar surface area (TPSA) is 55.6 Å². The molecule has 1 fully saturated rings. The van der Waals surface area contributed by atoms with Gasteiger partial charge in [0.1, 0.15) is 0 Å². The maximum Gasteiger partial charge on any atom is 0.165 e. The summed E-state index contributed by atoms with van der Waals surface area (Å²) in [6.45, 7) is 3.80. The van der Waals surface area contributed by atoms with E-state index in [9.17, 15) is 0 Å². The van der Waals surface area contributed by atoms with Gasteiger partial charge in [-0.2, -0.15) is 11.8 Å². The molecule has 1 heterocycles. The predicted octanol–water partition coefficient (Wildman–Crippen LogP) is 1.24. The molecule has 0 bridgehead atoms. The van der Waals surface area contributed by atoms with E-state index in [1.165, 1.54) is 19.3 Å². The van der Waals surface area contributed by atoms with Crippen LogP contribution in [0.25, 0.3) is 0 Å². The minimum atomic E-state index is 0.485. The van der Waals surface area contributed by atoms with Gasteiger partial charge in [-0.1, -0.05) is 13.3 Å². The third-order valence-corrected chi connectivity index (χ3v) is 4.28. The Kier molecular flexibility index (Phi) is 4.17. The molecular weight excluding hydrogens is 222 g/mol. The molecule has 2 unspecified atom stereocenters. The zero-order valence-electron chi connectivity index (χ0n) is 9.89. The van der Waals surface area contributed by atoms with Crippen LogP contribution in [0, 0.1) is 0 Å². The minimum absolute atomic E-state index is 0.485. The monoisotopic (exact) mass is 241 g/mol. The van der Waals surface area contributed by atoms with E-state index in [0.717, 1.165) is 18.9 Å². The van der Waals surface area contributed by atoms with Crippen LogP contribution in [-0.4, -0.2) is 38.3 Å². The largest absolute Gasteiger partial charge is 0.310 e. The molecule has 1 aromatic rings. The lowest BCUT2D eigenvalue weighted by Crippen LogP contribution is -2.23. The van der Waals surface area contributed by atoms with Crippen molar-refractivity contribution in [3.05, 3.63) is 5.82 Å². The molecule has 2 rings (SSSR count). The number of aromatic nitrogens is 4. The second-order valence-corrected chi connectivity index (χ2v) is 5.17. The molecule has 0 spiro atoms. The maximum atomic E-state index is 4.15. The van der Waals surface area contributed by atoms with Crippen LogP contribution in [0.2, 0.25) is 0 Å². The summed E-state index contributed by atoms with van der Waals surface area (Å²) >= 11 is 1.93. The Morgan fingerprint density at radius 1 is 1.50 bits per heavy atom. The first-order chi connectivity index (χ1) is 7.86. The van der Waals surface area contributed by atoms with E-state index in [4.69, 9.17) is 0 Å². The lowest BCUT2D eigenvalue weighted by atomic mass is 10.2. The first kappa shape index (κ1) is 11.9. The van der Waals surface area contributed by atoms with Crippen LogP contribution in [0.15, 0.2) is 0 Å². The predicted molar refractivity (Wildman–Crippen MR) is 65.4 cm³/mol. The molecule has 2 atom stereocenters. The highest BCUT2D eigenvalue weighted by molar-refractivity contribution is 7.99. The lowest BCUT2D eigenvalue weighted by Gasteiger charge is -2.18. The molecule has 0 aliphatic heterocycles. The van der Waals surface area contributed by atoms with Crippen LogP contribution < -0.4 is 5.32 Å². The van der Waals surface area contributed by atoms with E-state index in [-0.39, 0.29) is 0 Å². The molecule has 0 amide bonds. The summed E-state index contributed by atoms with van der Waals surface area (Å²) < 4.78 is 2.02. The summed E-state index contributed by atoms with van der Waals surface area (Å²) in [5, 5.41) is 16.0. The van der Waals surface area contributed by atoms with Gasteiger partial charge in [-0.15, -0.1) is 5.10 Å². The van der Waals surface area contributed by atoms with Crippen molar-refractivity contribution in [2.24, 2.45) is 0 Å². The highest BCUT2D eigenvalue weighted by Gasteiger charge is 2.30. The fraction of sp³-hybridized carbons (Fsp3) is 0.900. The third kappa shape index (κ3) is 2.38. The Morgan fingerprint density at radius 3 is 3.12 bits per heavy atom. The third-order valence-electron chi connectivity index (χ3n) is 3.13. The second kappa shape index (κ2) is 5.63. The van der Waals surface area contributed by atoms with Crippen molar-refractivity contribution in [3.63, 3.8) is 0 Å². The van der Waals surface area contributed by atoms with Gasteiger partial charge < -0.3 is 5.32 Å². The molecule has 1 aromatic heterocycles. The fourth-order valence-corrected chi connectivity index (χ4v) is 3.25. The van der Waals surface area contributed by atoms with Crippen LogP contribution >= 0.6 is 11.8 Å². The fourth-order valence-electron chi connectivity index (χ4n) is 2.28. The zero-order valence-corrected chi connectivity index (χ0v) is 10.7. The van der Waals surface area contributed by atoms with Crippen LogP contribution in [-0.2, 0) is 6.54 Å². The summed E-state index contributed by atoms with van der Waals surface area (Å²) in [7, 11) is 0. The first-order valence-corrected chi connectivity index (χ1v) is 7.15. The van der Waals surface area contributed by atoms with Gasteiger partial charge in [-0.05, 0) is 36.1 Å². The highest BCUT2D eigenvalue weighted by Crippen LogP contribution is 2.37. The summed E-state index contributed by atoms with van der Waals surface area (Å²) in [6, 6.07) is 0.485. The molecule has 5 nitrogen and oxygen atoms in total. The van der Waals surface area contributed by atoms with Crippen molar-refractivity contribution in [2.45, 2.75) is 44.0 Å². The Hall–Kier alpha value is -0.620. The smallest absolute Gasteiger partial charge is 0.165 e. The summed E-state index contributed by atoms with van der Waals surface area (Å²) in [6.07, 6.45) is 5.95. The number of thioether (sulfide) groups is 1. The Labute approximate surface area is 100 Å². The Balaban J connectivity index is 2.10. The van der Waals surface area contributed by atoms with E-state index in [0.29, 0.717) is 11.3 Å². The molecule has 1 aliphatic carbocycles. The Morgan fingerprint density at radius 2 is 2.38 bits per heavy atom. The number of nitrogens with one attached hydrogen (secondary N) is 1. The average molecular weight is 241 g/mol. The van der Waals surface area contributed by atoms with Gasteiger partial charge in [-0.25, -0.2) is 4.68 Å². The molecular formula is C10H19N5S. The summed E-state index contributed by atoms with van der Waals surface area (Å²) in [5.41, 5.74) is 0. The van der Waals surface area contributed by atoms with Gasteiger partial charge in [0, 0.05) is 5.25 Å². The SMILES string of the molecule is CCNCc1nnnn1C1CCCC1SC. The molecule has 0 radical (unpaired) electrons. The summed E-state index contributed by atoms with van der Waals surface area (Å²) in [4.78, 5) is 0.